The summed E-state index contributed by atoms with van der Waals surface area (Å²) < 4.78 is 2.20. The fourth-order valence-corrected chi connectivity index (χ4v) is 2.48. The Balaban J connectivity index is 2.43. The van der Waals surface area contributed by atoms with E-state index in [9.17, 15) is 0 Å². The Morgan fingerprint density at radius 3 is 2.33 bits per heavy atom. The predicted octanol–water partition coefficient (Wildman–Crippen LogP) is 3.94. The van der Waals surface area contributed by atoms with Gasteiger partial charge in [-0.05, 0) is 25.1 Å². The van der Waals surface area contributed by atoms with Crippen LogP contribution in [0, 0.1) is 12.3 Å². The number of nitrogens with zero attached hydrogens (tertiary/aromatic N) is 1. The number of hydrogen-bond acceptors (Lipinski definition) is 1. The molecule has 0 aliphatic rings. The van der Waals surface area contributed by atoms with E-state index in [2.05, 4.69) is 35.8 Å². The molecule has 0 atom stereocenters. The van der Waals surface area contributed by atoms with E-state index in [0.29, 0.717) is 0 Å². The van der Waals surface area contributed by atoms with Crippen molar-refractivity contribution in [2.75, 3.05) is 0 Å². The van der Waals surface area contributed by atoms with Gasteiger partial charge in [0.05, 0.1) is 5.52 Å². The van der Waals surface area contributed by atoms with Crippen molar-refractivity contribution in [2.45, 2.75) is 6.92 Å². The summed E-state index contributed by atoms with van der Waals surface area (Å²) in [6.45, 7) is 2.06. The highest BCUT2D eigenvalue weighted by Gasteiger charge is 2.12. The Morgan fingerprint density at radius 1 is 0.944 bits per heavy atom. The molecule has 0 saturated carbocycles. The minimum Gasteiger partial charge on any atom is -0.313 e. The first-order valence-electron chi connectivity index (χ1n) is 5.99. The topological polar surface area (TPSA) is 28.8 Å². The minimum absolute atomic E-state index is 0.995. The lowest BCUT2D eigenvalue weighted by Crippen LogP contribution is -1.96. The zero-order valence-corrected chi connectivity index (χ0v) is 10.2. The zero-order valence-electron chi connectivity index (χ0n) is 10.2. The molecule has 2 aromatic carbocycles. The highest BCUT2D eigenvalue weighted by atomic mass is 15.0. The van der Waals surface area contributed by atoms with Crippen LogP contribution in [0.25, 0.3) is 16.6 Å². The van der Waals surface area contributed by atoms with Crippen molar-refractivity contribution in [2.24, 2.45) is 0 Å². The van der Waals surface area contributed by atoms with Gasteiger partial charge in [-0.25, -0.2) is 0 Å². The molecule has 3 aromatic rings. The maximum Gasteiger partial charge on any atom is 0.0538 e. The number of nitrogens with one attached hydrogen (secondary N) is 1. The summed E-state index contributed by atoms with van der Waals surface area (Å²) in [6, 6.07) is 18.5. The summed E-state index contributed by atoms with van der Waals surface area (Å²) in [7, 11) is 0. The van der Waals surface area contributed by atoms with Crippen LogP contribution in [-0.2, 0) is 0 Å². The number of rotatable bonds is 2. The first kappa shape index (κ1) is 10.8. The molecule has 0 aliphatic carbocycles. The average molecular weight is 234 g/mol. The lowest BCUT2D eigenvalue weighted by molar-refractivity contribution is 1.05. The molecule has 1 heterocycles. The Labute approximate surface area is 106 Å². The normalized spacial score (nSPS) is 10.7. The smallest absolute Gasteiger partial charge is 0.0538 e. The summed E-state index contributed by atoms with van der Waals surface area (Å²) in [5.41, 5.74) is 4.39. The SMILES string of the molecule is Cc1c(C=N)c2ccccc2n1-c1ccccc1. The van der Waals surface area contributed by atoms with Crippen molar-refractivity contribution in [3.8, 4) is 5.69 Å². The second-order valence-electron chi connectivity index (χ2n) is 4.33. The molecule has 0 aliphatic heterocycles. The lowest BCUT2D eigenvalue weighted by atomic mass is 10.1. The highest BCUT2D eigenvalue weighted by molar-refractivity contribution is 6.00. The van der Waals surface area contributed by atoms with Crippen LogP contribution in [0.2, 0.25) is 0 Å². The van der Waals surface area contributed by atoms with Crippen LogP contribution in [0.15, 0.2) is 54.6 Å². The van der Waals surface area contributed by atoms with Crippen LogP contribution in [0.5, 0.6) is 0 Å². The van der Waals surface area contributed by atoms with Gasteiger partial charge in [0.1, 0.15) is 0 Å². The molecule has 0 radical (unpaired) electrons. The second-order valence-corrected chi connectivity index (χ2v) is 4.33. The first-order valence-corrected chi connectivity index (χ1v) is 5.99. The maximum absolute atomic E-state index is 7.60. The molecule has 1 aromatic heterocycles. The Bertz CT molecular complexity index is 709. The Morgan fingerprint density at radius 2 is 1.61 bits per heavy atom. The summed E-state index contributed by atoms with van der Waals surface area (Å²) >= 11 is 0. The molecule has 1 N–H and O–H groups in total. The van der Waals surface area contributed by atoms with Crippen molar-refractivity contribution in [1.29, 1.82) is 5.41 Å². The van der Waals surface area contributed by atoms with Gasteiger partial charge in [-0.1, -0.05) is 36.4 Å². The molecule has 2 nitrogen and oxygen atoms in total. The maximum atomic E-state index is 7.60. The second kappa shape index (κ2) is 4.15. The van der Waals surface area contributed by atoms with E-state index >= 15 is 0 Å². The zero-order chi connectivity index (χ0) is 12.5. The minimum atomic E-state index is 0.995. The molecule has 0 bridgehead atoms. The van der Waals surface area contributed by atoms with Crippen LogP contribution >= 0.6 is 0 Å². The molecular formula is C16H14N2. The van der Waals surface area contributed by atoms with Gasteiger partial charge in [0.2, 0.25) is 0 Å². The largest absolute Gasteiger partial charge is 0.313 e. The van der Waals surface area contributed by atoms with Crippen LogP contribution in [-0.4, -0.2) is 10.8 Å². The third-order valence-corrected chi connectivity index (χ3v) is 3.32. The monoisotopic (exact) mass is 234 g/mol. The van der Waals surface area contributed by atoms with Crippen molar-refractivity contribution < 1.29 is 0 Å². The molecule has 18 heavy (non-hydrogen) atoms. The van der Waals surface area contributed by atoms with Gasteiger partial charge in [0, 0.05) is 28.5 Å². The number of aromatic nitrogens is 1. The van der Waals surface area contributed by atoms with Crippen molar-refractivity contribution in [3.05, 3.63) is 65.9 Å². The lowest BCUT2D eigenvalue weighted by Gasteiger charge is -2.07. The first-order chi connectivity index (χ1) is 8.83. The van der Waals surface area contributed by atoms with Gasteiger partial charge in [-0.3, -0.25) is 0 Å². The fraction of sp³-hybridized carbons (Fsp3) is 0.0625. The van der Waals surface area contributed by atoms with Gasteiger partial charge in [-0.15, -0.1) is 0 Å². The molecular weight excluding hydrogens is 220 g/mol. The number of hydrogen-bond donors (Lipinski definition) is 1. The van der Waals surface area contributed by atoms with Crippen LogP contribution in [0.3, 0.4) is 0 Å². The Hall–Kier alpha value is -2.35. The number of para-hydroxylation sites is 2. The van der Waals surface area contributed by atoms with E-state index in [1.165, 1.54) is 6.21 Å². The van der Waals surface area contributed by atoms with Gasteiger partial charge in [-0.2, -0.15) is 0 Å². The highest BCUT2D eigenvalue weighted by Crippen LogP contribution is 2.27. The molecule has 0 fully saturated rings. The van der Waals surface area contributed by atoms with E-state index < -0.39 is 0 Å². The molecule has 88 valence electrons. The van der Waals surface area contributed by atoms with E-state index in [1.807, 2.05) is 30.3 Å². The average Bonchev–Trinajstić information content (AvgIpc) is 2.71. The van der Waals surface area contributed by atoms with Gasteiger partial charge in [0.15, 0.2) is 0 Å². The van der Waals surface area contributed by atoms with Crippen LogP contribution in [0.1, 0.15) is 11.3 Å². The fourth-order valence-electron chi connectivity index (χ4n) is 2.48. The van der Waals surface area contributed by atoms with E-state index in [0.717, 1.165) is 27.8 Å². The van der Waals surface area contributed by atoms with Gasteiger partial charge >= 0.3 is 0 Å². The standard InChI is InChI=1S/C16H14N2/c1-12-15(11-17)14-9-5-6-10-16(14)18(12)13-7-3-2-4-8-13/h2-11,17H,1H3. The number of benzene rings is 2. The summed E-state index contributed by atoms with van der Waals surface area (Å²) in [5.74, 6) is 0. The van der Waals surface area contributed by atoms with Crippen molar-refractivity contribution in [1.82, 2.24) is 4.57 Å². The quantitative estimate of drug-likeness (QED) is 0.651. The summed E-state index contributed by atoms with van der Waals surface area (Å²) in [6.07, 6.45) is 1.44. The molecule has 0 saturated heterocycles. The third kappa shape index (κ3) is 1.46. The molecule has 2 heteroatoms. The summed E-state index contributed by atoms with van der Waals surface area (Å²) in [5, 5.41) is 8.74. The van der Waals surface area contributed by atoms with Crippen molar-refractivity contribution >= 4 is 17.1 Å². The summed E-state index contributed by atoms with van der Waals surface area (Å²) in [4.78, 5) is 0. The molecule has 0 amide bonds. The van der Waals surface area contributed by atoms with E-state index in [1.54, 1.807) is 0 Å². The molecule has 0 spiro atoms. The number of fused-ring (bicyclic) bond motifs is 1. The van der Waals surface area contributed by atoms with Crippen LogP contribution < -0.4 is 0 Å². The van der Waals surface area contributed by atoms with Crippen LogP contribution in [0.4, 0.5) is 0 Å². The Kier molecular flexibility index (Phi) is 2.49. The van der Waals surface area contributed by atoms with Crippen molar-refractivity contribution in [3.63, 3.8) is 0 Å². The molecule has 0 unspecified atom stereocenters. The van der Waals surface area contributed by atoms with Gasteiger partial charge in [0.25, 0.3) is 0 Å². The third-order valence-electron chi connectivity index (χ3n) is 3.32. The van der Waals surface area contributed by atoms with E-state index in [4.69, 9.17) is 5.41 Å². The van der Waals surface area contributed by atoms with Gasteiger partial charge < -0.3 is 9.98 Å². The molecule has 3 rings (SSSR count). The van der Waals surface area contributed by atoms with E-state index in [-0.39, 0.29) is 0 Å². The predicted molar refractivity (Wildman–Crippen MR) is 75.9 cm³/mol.